The molecule has 1 atom stereocenters. The maximum absolute atomic E-state index is 5.51. The Morgan fingerprint density at radius 3 is 2.86 bits per heavy atom. The van der Waals surface area contributed by atoms with Crippen molar-refractivity contribution in [2.24, 2.45) is 0 Å². The number of anilines is 1. The topological polar surface area (TPSA) is 81.0 Å². The zero-order valence-corrected chi connectivity index (χ0v) is 17.0. The van der Waals surface area contributed by atoms with Crippen molar-refractivity contribution in [3.05, 3.63) is 36.3 Å². The van der Waals surface area contributed by atoms with Gasteiger partial charge in [-0.3, -0.25) is 4.98 Å². The summed E-state index contributed by atoms with van der Waals surface area (Å²) in [6.45, 7) is 8.53. The number of pyridine rings is 1. The molecule has 8 heteroatoms. The highest BCUT2D eigenvalue weighted by Crippen LogP contribution is 2.32. The van der Waals surface area contributed by atoms with Crippen LogP contribution in [0.15, 0.2) is 30.6 Å². The van der Waals surface area contributed by atoms with Gasteiger partial charge in [-0.05, 0) is 51.4 Å². The van der Waals surface area contributed by atoms with Gasteiger partial charge < -0.3 is 15.0 Å². The number of hydrogen-bond acceptors (Lipinski definition) is 7. The molecule has 0 amide bonds. The zero-order chi connectivity index (χ0) is 19.8. The van der Waals surface area contributed by atoms with Crippen LogP contribution >= 0.6 is 0 Å². The van der Waals surface area contributed by atoms with Gasteiger partial charge in [0.25, 0.3) is 5.95 Å². The van der Waals surface area contributed by atoms with Crippen LogP contribution in [0.1, 0.15) is 38.3 Å². The molecule has 0 aliphatic carbocycles. The number of nitrogens with one attached hydrogen (secondary N) is 1. The van der Waals surface area contributed by atoms with E-state index >= 15 is 0 Å². The zero-order valence-electron chi connectivity index (χ0n) is 17.0. The molecule has 2 aliphatic heterocycles. The molecule has 0 saturated carbocycles. The molecule has 0 bridgehead atoms. The molecule has 5 heterocycles. The van der Waals surface area contributed by atoms with Crippen LogP contribution in [0.25, 0.3) is 17.0 Å². The van der Waals surface area contributed by atoms with E-state index in [1.807, 2.05) is 18.3 Å². The number of fused-ring (bicyclic) bond motifs is 1. The van der Waals surface area contributed by atoms with E-state index in [0.29, 0.717) is 25.1 Å². The Bertz CT molecular complexity index is 1010. The first kappa shape index (κ1) is 18.4. The highest BCUT2D eigenvalue weighted by atomic mass is 16.5. The van der Waals surface area contributed by atoms with Gasteiger partial charge in [0.15, 0.2) is 5.82 Å². The molecule has 2 aliphatic rings. The number of aromatic nitrogens is 5. The van der Waals surface area contributed by atoms with E-state index in [1.165, 1.54) is 0 Å². The van der Waals surface area contributed by atoms with Crippen molar-refractivity contribution in [1.29, 1.82) is 0 Å². The first-order valence-electron chi connectivity index (χ1n) is 10.4. The lowest BCUT2D eigenvalue weighted by Gasteiger charge is -2.35. The Morgan fingerprint density at radius 1 is 1.17 bits per heavy atom. The van der Waals surface area contributed by atoms with Gasteiger partial charge in [0.2, 0.25) is 0 Å². The van der Waals surface area contributed by atoms with Crippen LogP contribution < -0.4 is 10.2 Å². The van der Waals surface area contributed by atoms with E-state index in [9.17, 15) is 0 Å². The SMILES string of the molecule is CC1(C)CC(c2ccn(-c3nc(N4CCOCC4)c4ncccc4n3)n2)CCN1. The Balaban J connectivity index is 1.51. The summed E-state index contributed by atoms with van der Waals surface area (Å²) in [6, 6.07) is 6.00. The van der Waals surface area contributed by atoms with Crippen LogP contribution in [0.3, 0.4) is 0 Å². The van der Waals surface area contributed by atoms with Crippen molar-refractivity contribution in [3.63, 3.8) is 0 Å². The second-order valence-electron chi connectivity index (χ2n) is 8.50. The van der Waals surface area contributed by atoms with E-state index < -0.39 is 0 Å². The number of nitrogens with zero attached hydrogens (tertiary/aromatic N) is 6. The second kappa shape index (κ2) is 7.35. The maximum atomic E-state index is 5.51. The molecule has 29 heavy (non-hydrogen) atoms. The largest absolute Gasteiger partial charge is 0.378 e. The van der Waals surface area contributed by atoms with Crippen LogP contribution in [0.4, 0.5) is 5.82 Å². The lowest BCUT2D eigenvalue weighted by molar-refractivity contribution is 0.122. The molecule has 3 aromatic heterocycles. The number of ether oxygens (including phenoxy) is 1. The minimum Gasteiger partial charge on any atom is -0.378 e. The van der Waals surface area contributed by atoms with E-state index in [1.54, 1.807) is 10.9 Å². The molecular weight excluding hydrogens is 366 g/mol. The quantitative estimate of drug-likeness (QED) is 0.731. The Labute approximate surface area is 170 Å². The Kier molecular flexibility index (Phi) is 4.67. The van der Waals surface area contributed by atoms with Crippen molar-refractivity contribution in [2.75, 3.05) is 37.7 Å². The van der Waals surface area contributed by atoms with Gasteiger partial charge in [-0.2, -0.15) is 10.1 Å². The van der Waals surface area contributed by atoms with Crippen molar-refractivity contribution >= 4 is 16.9 Å². The van der Waals surface area contributed by atoms with Gasteiger partial charge in [-0.1, -0.05) is 0 Å². The monoisotopic (exact) mass is 393 g/mol. The summed E-state index contributed by atoms with van der Waals surface area (Å²) in [6.07, 6.45) is 5.94. The van der Waals surface area contributed by atoms with Crippen LogP contribution in [0.5, 0.6) is 0 Å². The lowest BCUT2D eigenvalue weighted by atomic mass is 9.83. The summed E-state index contributed by atoms with van der Waals surface area (Å²) < 4.78 is 7.31. The smallest absolute Gasteiger partial charge is 0.253 e. The summed E-state index contributed by atoms with van der Waals surface area (Å²) in [5.41, 5.74) is 2.91. The minimum absolute atomic E-state index is 0.140. The van der Waals surface area contributed by atoms with Crippen molar-refractivity contribution < 1.29 is 4.74 Å². The fourth-order valence-corrected chi connectivity index (χ4v) is 4.33. The molecular formula is C21H27N7O. The minimum atomic E-state index is 0.140. The molecule has 1 N–H and O–H groups in total. The van der Waals surface area contributed by atoms with E-state index in [0.717, 1.165) is 55.0 Å². The fraction of sp³-hybridized carbons (Fsp3) is 0.524. The molecule has 2 fully saturated rings. The summed E-state index contributed by atoms with van der Waals surface area (Å²) in [5, 5.41) is 8.44. The summed E-state index contributed by atoms with van der Waals surface area (Å²) in [7, 11) is 0. The molecule has 1 unspecified atom stereocenters. The first-order valence-corrected chi connectivity index (χ1v) is 10.4. The van der Waals surface area contributed by atoms with E-state index in [2.05, 4.69) is 35.1 Å². The van der Waals surface area contributed by atoms with Crippen LogP contribution in [0, 0.1) is 0 Å². The predicted molar refractivity (Wildman–Crippen MR) is 112 cm³/mol. The molecule has 152 valence electrons. The van der Waals surface area contributed by atoms with Crippen LogP contribution in [0.2, 0.25) is 0 Å². The van der Waals surface area contributed by atoms with Crippen molar-refractivity contribution in [1.82, 2.24) is 30.0 Å². The van der Waals surface area contributed by atoms with E-state index in [4.69, 9.17) is 19.8 Å². The highest BCUT2D eigenvalue weighted by Gasteiger charge is 2.29. The molecule has 0 aromatic carbocycles. The molecule has 3 aromatic rings. The lowest BCUT2D eigenvalue weighted by Crippen LogP contribution is -2.45. The van der Waals surface area contributed by atoms with Crippen molar-refractivity contribution in [2.45, 2.75) is 38.1 Å². The van der Waals surface area contributed by atoms with Gasteiger partial charge in [-0.25, -0.2) is 9.67 Å². The molecule has 0 radical (unpaired) electrons. The third-order valence-electron chi connectivity index (χ3n) is 5.82. The van der Waals surface area contributed by atoms with Gasteiger partial charge >= 0.3 is 0 Å². The number of morpholine rings is 1. The Hall–Kier alpha value is -2.58. The van der Waals surface area contributed by atoms with Crippen LogP contribution in [-0.2, 0) is 4.74 Å². The normalized spacial score (nSPS) is 22.1. The average molecular weight is 393 g/mol. The predicted octanol–water partition coefficient (Wildman–Crippen LogP) is 2.29. The van der Waals surface area contributed by atoms with Gasteiger partial charge in [0.1, 0.15) is 5.52 Å². The van der Waals surface area contributed by atoms with Gasteiger partial charge in [0.05, 0.1) is 24.4 Å². The highest BCUT2D eigenvalue weighted by molar-refractivity contribution is 5.86. The maximum Gasteiger partial charge on any atom is 0.253 e. The summed E-state index contributed by atoms with van der Waals surface area (Å²) in [5.74, 6) is 1.90. The summed E-state index contributed by atoms with van der Waals surface area (Å²) in [4.78, 5) is 16.4. The number of piperidine rings is 1. The molecule has 5 rings (SSSR count). The Morgan fingerprint density at radius 2 is 2.03 bits per heavy atom. The average Bonchev–Trinajstić information content (AvgIpc) is 3.23. The molecule has 8 nitrogen and oxygen atoms in total. The first-order chi connectivity index (χ1) is 14.1. The van der Waals surface area contributed by atoms with Crippen LogP contribution in [-0.4, -0.2) is 63.1 Å². The van der Waals surface area contributed by atoms with Crippen molar-refractivity contribution in [3.8, 4) is 5.95 Å². The van der Waals surface area contributed by atoms with E-state index in [-0.39, 0.29) is 5.54 Å². The fourth-order valence-electron chi connectivity index (χ4n) is 4.33. The third-order valence-corrected chi connectivity index (χ3v) is 5.82. The standard InChI is InChI=1S/C21H27N7O/c1-21(2)14-15(5-8-23-21)16-6-9-28(26-16)20-24-17-4-3-7-22-18(17)19(25-20)27-10-12-29-13-11-27/h3-4,6-7,9,15,23H,5,8,10-14H2,1-2H3. The second-order valence-corrected chi connectivity index (χ2v) is 8.50. The molecule has 0 spiro atoms. The van der Waals surface area contributed by atoms with Gasteiger partial charge in [-0.15, -0.1) is 0 Å². The number of rotatable bonds is 3. The summed E-state index contributed by atoms with van der Waals surface area (Å²) >= 11 is 0. The third kappa shape index (κ3) is 3.70. The van der Waals surface area contributed by atoms with Gasteiger partial charge in [0, 0.05) is 36.9 Å². The molecule has 2 saturated heterocycles. The number of hydrogen-bond donors (Lipinski definition) is 1.